The number of nitrogens with zero attached hydrogens (tertiary/aromatic N) is 12. The number of rotatable bonds is 22. The molecule has 0 unspecified atom stereocenters. The van der Waals surface area contributed by atoms with Crippen molar-refractivity contribution in [1.82, 2.24) is 101 Å². The first kappa shape index (κ1) is 94.8. The molecule has 8 aliphatic heterocycles. The third-order valence-electron chi connectivity index (χ3n) is 28.2. The first-order valence-corrected chi connectivity index (χ1v) is 46.8. The summed E-state index contributed by atoms with van der Waals surface area (Å²) >= 11 is 0. The number of fused-ring (bicyclic) bond motifs is 7. The molecule has 15 aromatic rings. The number of imide groups is 4. The van der Waals surface area contributed by atoms with Crippen LogP contribution in [0, 0.1) is 5.92 Å². The predicted octanol–water partition coefficient (Wildman–Crippen LogP) is 12.6. The number of alkyl halides is 3. The second-order valence-electron chi connectivity index (χ2n) is 37.2. The number of aromatic nitrogens is 8. The van der Waals surface area contributed by atoms with Crippen LogP contribution >= 0.6 is 0 Å². The van der Waals surface area contributed by atoms with E-state index in [4.69, 9.17) is 23.9 Å². The van der Waals surface area contributed by atoms with E-state index >= 15 is 0 Å². The molecule has 9 aromatic carbocycles. The molecule has 39 heteroatoms. The molecule has 1 aliphatic carbocycles. The van der Waals surface area contributed by atoms with Gasteiger partial charge in [0.25, 0.3) is 47.3 Å². The Morgan fingerprint density at radius 1 is 0.374 bits per heavy atom. The van der Waals surface area contributed by atoms with Crippen molar-refractivity contribution in [3.05, 3.63) is 328 Å². The van der Waals surface area contributed by atoms with Crippen molar-refractivity contribution in [2.24, 2.45) is 20.0 Å². The quantitative estimate of drug-likeness (QED) is 0.0292. The molecule has 5 fully saturated rings. The van der Waals surface area contributed by atoms with Crippen molar-refractivity contribution in [1.29, 1.82) is 0 Å². The molecule has 6 aromatic heterocycles. The van der Waals surface area contributed by atoms with Crippen LogP contribution in [-0.4, -0.2) is 184 Å². The highest BCUT2D eigenvalue weighted by Crippen LogP contribution is 2.44. The Bertz CT molecular complexity index is 8020. The van der Waals surface area contributed by atoms with Gasteiger partial charge in [0.15, 0.2) is 28.0 Å². The van der Waals surface area contributed by atoms with E-state index in [-0.39, 0.29) is 56.4 Å². The number of imidazole rings is 1. The maximum atomic E-state index is 13.9. The minimum Gasteiger partial charge on any atom is -0.497 e. The molecule has 24 rings (SSSR count). The molecule has 1 saturated carbocycles. The van der Waals surface area contributed by atoms with Crippen LogP contribution in [0.1, 0.15) is 104 Å². The van der Waals surface area contributed by atoms with E-state index in [0.29, 0.717) is 128 Å². The topological polar surface area (TPSA) is 430 Å². The SMILES string of the molecule is COc1ccc2c(c1)C(=O)N(C[C@@]1(c3ccc(-c4cc(C(F)(F)F)cc5c4ncn5CC4CC4)cc3)NC(=O)NC1=O)C2.COc1ccc2c(c1)C(=O)N(C[C@@]1(c3ccc(-c4ccc5ccn(C)c5n4)cc3)NC(=O)NC1=O)C2.COc1ccc2c(c1)C(=O)N(C[C@@]1(c3ccc(-c4cnc5c(ccn5C)c4)cc3)NC(=O)NC1=O)C2.COc1ccc2c(c1)C(=O)N(C[C@@]1(c3ccc(-c4ncccn4)cc3)NC(=O)NC1=O)C2. The van der Waals surface area contributed by atoms with E-state index in [1.165, 1.54) is 19.1 Å². The van der Waals surface area contributed by atoms with Crippen molar-refractivity contribution in [2.75, 3.05) is 54.6 Å². The molecule has 4 saturated heterocycles. The number of nitrogens with one attached hydrogen (secondary N) is 8. The molecular formula is C108H91F3N20O16. The third kappa shape index (κ3) is 17.4. The average Bonchev–Trinajstić information content (AvgIpc) is 1.62. The Balaban J connectivity index is 0.000000116. The molecule has 36 nitrogen and oxygen atoms in total. The summed E-state index contributed by atoms with van der Waals surface area (Å²) in [4.78, 5) is 183. The summed E-state index contributed by atoms with van der Waals surface area (Å²) in [7, 11) is 10.0. The van der Waals surface area contributed by atoms with Crippen molar-refractivity contribution < 1.29 is 89.7 Å². The maximum Gasteiger partial charge on any atom is 0.416 e. The summed E-state index contributed by atoms with van der Waals surface area (Å²) in [5.41, 5.74) is 8.53. The molecule has 740 valence electrons. The zero-order valence-corrected chi connectivity index (χ0v) is 79.6. The van der Waals surface area contributed by atoms with Gasteiger partial charge in [0.2, 0.25) is 0 Å². The van der Waals surface area contributed by atoms with Gasteiger partial charge in [-0.2, -0.15) is 13.2 Å². The number of amides is 16. The number of hydrogen-bond donors (Lipinski definition) is 8. The van der Waals surface area contributed by atoms with Crippen LogP contribution in [0.15, 0.2) is 256 Å². The number of pyridine rings is 2. The number of benzene rings is 9. The monoisotopic (exact) mass is 1980 g/mol. The van der Waals surface area contributed by atoms with E-state index < -0.39 is 81.6 Å². The molecule has 8 N–H and O–H groups in total. The number of urea groups is 4. The van der Waals surface area contributed by atoms with Crippen molar-refractivity contribution in [3.8, 4) is 67.9 Å². The van der Waals surface area contributed by atoms with Gasteiger partial charge in [-0.3, -0.25) is 59.6 Å². The van der Waals surface area contributed by atoms with Crippen molar-refractivity contribution >= 4 is 104 Å². The first-order chi connectivity index (χ1) is 70.8. The maximum absolute atomic E-state index is 13.9. The van der Waals surface area contributed by atoms with Crippen LogP contribution < -0.4 is 61.5 Å². The van der Waals surface area contributed by atoms with Crippen LogP contribution in [0.3, 0.4) is 0 Å². The van der Waals surface area contributed by atoms with E-state index in [0.717, 1.165) is 97.2 Å². The minimum atomic E-state index is -4.56. The smallest absolute Gasteiger partial charge is 0.416 e. The number of halogens is 3. The Hall–Kier alpha value is -18.5. The van der Waals surface area contributed by atoms with Gasteiger partial charge in [-0.25, -0.2) is 44.1 Å². The van der Waals surface area contributed by atoms with Gasteiger partial charge < -0.3 is 73.5 Å². The van der Waals surface area contributed by atoms with Gasteiger partial charge >= 0.3 is 30.3 Å². The molecule has 16 amide bonds. The number of carbonyl (C=O) groups excluding carboxylic acids is 12. The minimum absolute atomic E-state index is 0.00270. The van der Waals surface area contributed by atoms with Gasteiger partial charge in [0.1, 0.15) is 34.3 Å². The summed E-state index contributed by atoms with van der Waals surface area (Å²) in [6, 6.07) is 60.9. The Labute approximate surface area is 835 Å². The highest BCUT2D eigenvalue weighted by molar-refractivity contribution is 6.12. The first-order valence-electron chi connectivity index (χ1n) is 46.8. The Morgan fingerprint density at radius 2 is 0.748 bits per heavy atom. The van der Waals surface area contributed by atoms with Gasteiger partial charge in [-0.15, -0.1) is 0 Å². The van der Waals surface area contributed by atoms with Crippen LogP contribution in [0.2, 0.25) is 0 Å². The van der Waals surface area contributed by atoms with Crippen molar-refractivity contribution in [2.45, 2.75) is 73.9 Å². The summed E-state index contributed by atoms with van der Waals surface area (Å²) < 4.78 is 68.5. The number of hydrogen-bond acceptors (Lipinski definition) is 21. The molecular weight excluding hydrogens is 1890 g/mol. The van der Waals surface area contributed by atoms with Crippen LogP contribution in [0.5, 0.6) is 23.0 Å². The van der Waals surface area contributed by atoms with Gasteiger partial charge in [0.05, 0.1) is 83.2 Å². The molecule has 14 heterocycles. The summed E-state index contributed by atoms with van der Waals surface area (Å²) in [6.45, 7) is 1.67. The summed E-state index contributed by atoms with van der Waals surface area (Å²) in [6.07, 6.45) is 8.14. The van der Waals surface area contributed by atoms with Crippen LogP contribution in [0.4, 0.5) is 32.3 Å². The highest BCUT2D eigenvalue weighted by atomic mass is 19.4. The number of ether oxygens (including phenoxy) is 4. The van der Waals surface area contributed by atoms with E-state index in [1.807, 2.05) is 121 Å². The van der Waals surface area contributed by atoms with Gasteiger partial charge in [0, 0.05) is 133 Å². The second-order valence-corrected chi connectivity index (χ2v) is 37.2. The zero-order chi connectivity index (χ0) is 102. The van der Waals surface area contributed by atoms with E-state index in [2.05, 4.69) is 68.5 Å². The fourth-order valence-corrected chi connectivity index (χ4v) is 20.2. The zero-order valence-electron chi connectivity index (χ0n) is 79.6. The van der Waals surface area contributed by atoms with E-state index in [1.54, 1.807) is 174 Å². The van der Waals surface area contributed by atoms with Gasteiger partial charge in [-0.1, -0.05) is 121 Å². The second kappa shape index (κ2) is 37.1. The third-order valence-corrected chi connectivity index (χ3v) is 28.2. The fourth-order valence-electron chi connectivity index (χ4n) is 20.2. The van der Waals surface area contributed by atoms with Crippen molar-refractivity contribution in [3.63, 3.8) is 0 Å². The molecule has 0 bridgehead atoms. The predicted molar refractivity (Wildman–Crippen MR) is 527 cm³/mol. The van der Waals surface area contributed by atoms with Gasteiger partial charge in [-0.05, 0) is 171 Å². The Morgan fingerprint density at radius 3 is 1.12 bits per heavy atom. The average molecular weight is 1980 g/mol. The highest BCUT2D eigenvalue weighted by Gasteiger charge is 2.56. The normalized spacial score (nSPS) is 19.4. The molecule has 0 spiro atoms. The summed E-state index contributed by atoms with van der Waals surface area (Å²) in [5, 5.41) is 22.3. The lowest BCUT2D eigenvalue weighted by atomic mass is 9.87. The lowest BCUT2D eigenvalue weighted by Gasteiger charge is -2.31. The standard InChI is InChI=1S/C31H26F3N5O4.2C27H23N5O4.C23H19N5O4/c1-43-22-9-6-19-14-38(27(40)24(19)12-22)15-30(28(41)36-29(42)37-30)20-7-4-18(5-8-20)23-10-21(31(32,33)34)11-25-26(23)35-16-39(25)13-17-2-3-17;1-31-12-11-17-6-10-22(28-23(17)31)16-3-7-19(8-4-16)27(25(34)29-26(35)30-27)15-32-14-18-5-9-20(36-2)13-21(18)24(32)33;1-31-10-9-17-11-19(13-28-23(17)31)16-3-6-20(7-4-16)27(25(34)29-26(35)30-27)15-32-14-18-5-8-21(36-2)12-22(18)24(32)33;1-32-17-8-5-15-12-28(20(29)18(15)11-17)13-23(21(30)26-22(31)27-23)16-6-3-14(4-7-16)19-24-9-2-10-25-19/h4-12,16-17H,2-3,13-15H2,1H3,(H2,36,37,41,42);2*3-13H,14-15H2,1-2H3,(H2,29,30,34,35);2-11H,12-13H2,1H3,(H2,26,27,30,31)/t30-;2*27-;23-/m0000/s1. The largest absolute Gasteiger partial charge is 0.497 e. The molecule has 9 aliphatic rings. The Kier molecular flexibility index (Phi) is 23.9. The molecule has 147 heavy (non-hydrogen) atoms. The van der Waals surface area contributed by atoms with E-state index in [9.17, 15) is 70.7 Å². The lowest BCUT2D eigenvalue weighted by molar-refractivity contribution is -0.137. The molecule has 0 radical (unpaired) electrons. The number of methoxy groups -OCH3 is 4. The fraction of sp³-hybridized carbons (Fsp3) is 0.213. The number of carbonyl (C=O) groups is 12. The summed E-state index contributed by atoms with van der Waals surface area (Å²) in [5.74, 6) is 0.180. The van der Waals surface area contributed by atoms with Crippen LogP contribution in [-0.2, 0) is 94.3 Å². The lowest BCUT2D eigenvalue weighted by Crippen LogP contribution is -2.52. The molecule has 4 atom stereocenters. The van der Waals surface area contributed by atoms with Crippen LogP contribution in [0.25, 0.3) is 78.0 Å². The number of aryl methyl sites for hydroxylation is 2.